The molecular weight excluding hydrogens is 488 g/mol. The van der Waals surface area contributed by atoms with Crippen molar-refractivity contribution in [3.63, 3.8) is 0 Å². The number of anilines is 4. The third kappa shape index (κ3) is 5.52. The Kier molecular flexibility index (Phi) is 6.50. The Balaban J connectivity index is 1.36. The van der Waals surface area contributed by atoms with Crippen LogP contribution in [0.3, 0.4) is 0 Å². The largest absolute Gasteiger partial charge is 0.368 e. The number of rotatable bonds is 7. The van der Waals surface area contributed by atoms with Gasteiger partial charge in [0.25, 0.3) is 0 Å². The maximum absolute atomic E-state index is 12.1. The predicted molar refractivity (Wildman–Crippen MR) is 148 cm³/mol. The highest BCUT2D eigenvalue weighted by Crippen LogP contribution is 2.25. The van der Waals surface area contributed by atoms with Crippen LogP contribution in [0, 0.1) is 0 Å². The van der Waals surface area contributed by atoms with E-state index in [4.69, 9.17) is 4.98 Å². The van der Waals surface area contributed by atoms with E-state index >= 15 is 0 Å². The lowest BCUT2D eigenvalue weighted by molar-refractivity contribution is 0.353. The molecule has 0 atom stereocenters. The molecule has 2 N–H and O–H groups in total. The zero-order valence-electron chi connectivity index (χ0n) is 21.5. The van der Waals surface area contributed by atoms with Crippen LogP contribution in [0.15, 0.2) is 61.1 Å². The summed E-state index contributed by atoms with van der Waals surface area (Å²) in [5.41, 5.74) is 3.70. The fraction of sp³-hybridized carbons (Fsp3) is 0.346. The van der Waals surface area contributed by atoms with Gasteiger partial charge in [0.15, 0.2) is 0 Å². The Hall–Kier alpha value is -3.70. The van der Waals surface area contributed by atoms with Crippen LogP contribution in [0.1, 0.15) is 19.4 Å². The van der Waals surface area contributed by atoms with Crippen molar-refractivity contribution in [1.82, 2.24) is 24.8 Å². The number of benzene rings is 1. The molecule has 5 rings (SSSR count). The molecule has 1 aliphatic rings. The van der Waals surface area contributed by atoms with Gasteiger partial charge in [0.05, 0.1) is 12.8 Å². The minimum Gasteiger partial charge on any atom is -0.368 e. The molecule has 10 nitrogen and oxygen atoms in total. The predicted octanol–water partition coefficient (Wildman–Crippen LogP) is 3.20. The number of nitrogens with zero attached hydrogens (tertiary/aromatic N) is 6. The first-order valence-electron chi connectivity index (χ1n) is 12.2. The van der Waals surface area contributed by atoms with Crippen LogP contribution in [0.4, 0.5) is 23.1 Å². The summed E-state index contributed by atoms with van der Waals surface area (Å²) in [5.74, 6) is 0.885. The van der Waals surface area contributed by atoms with Crippen molar-refractivity contribution in [3.05, 3.63) is 66.6 Å². The molecule has 4 heterocycles. The smallest absolute Gasteiger partial charge is 0.233 e. The van der Waals surface area contributed by atoms with Crippen LogP contribution in [0.5, 0.6) is 0 Å². The topological polar surface area (TPSA) is 108 Å². The first-order chi connectivity index (χ1) is 17.6. The van der Waals surface area contributed by atoms with E-state index in [1.165, 1.54) is 23.3 Å². The zero-order chi connectivity index (χ0) is 26.2. The fourth-order valence-corrected chi connectivity index (χ4v) is 5.06. The summed E-state index contributed by atoms with van der Waals surface area (Å²) in [7, 11) is -1.93. The highest BCUT2D eigenvalue weighted by molar-refractivity contribution is 7.92. The molecule has 4 aromatic rings. The molecular formula is C26H32N8O2S. The second-order valence-electron chi connectivity index (χ2n) is 10.0. The molecule has 1 aliphatic heterocycles. The van der Waals surface area contributed by atoms with E-state index in [0.29, 0.717) is 18.3 Å². The van der Waals surface area contributed by atoms with E-state index in [1.54, 1.807) is 18.5 Å². The number of piperazine rings is 1. The Labute approximate surface area is 217 Å². The summed E-state index contributed by atoms with van der Waals surface area (Å²) in [4.78, 5) is 15.9. The quantitative estimate of drug-likeness (QED) is 0.383. The second kappa shape index (κ2) is 9.64. The molecule has 1 fully saturated rings. The van der Waals surface area contributed by atoms with Crippen molar-refractivity contribution in [2.75, 3.05) is 47.5 Å². The molecule has 0 aliphatic carbocycles. The molecule has 0 saturated carbocycles. The van der Waals surface area contributed by atoms with Crippen molar-refractivity contribution in [1.29, 1.82) is 0 Å². The Morgan fingerprint density at radius 1 is 1.14 bits per heavy atom. The zero-order valence-corrected chi connectivity index (χ0v) is 22.3. The van der Waals surface area contributed by atoms with Crippen molar-refractivity contribution >= 4 is 44.2 Å². The lowest BCUT2D eigenvalue weighted by atomic mass is 10.0. The van der Waals surface area contributed by atoms with Crippen LogP contribution in [-0.2, 0) is 16.6 Å². The van der Waals surface area contributed by atoms with Gasteiger partial charge in [-0.2, -0.15) is 4.98 Å². The second-order valence-corrected chi connectivity index (χ2v) is 12.1. The summed E-state index contributed by atoms with van der Waals surface area (Å²) in [6, 6.07) is 13.9. The Bertz CT molecular complexity index is 1520. The van der Waals surface area contributed by atoms with Crippen molar-refractivity contribution in [2.24, 2.45) is 0 Å². The molecule has 0 unspecified atom stereocenters. The first-order valence-corrected chi connectivity index (χ1v) is 14.0. The van der Waals surface area contributed by atoms with E-state index in [-0.39, 0.29) is 5.54 Å². The molecule has 37 heavy (non-hydrogen) atoms. The molecule has 194 valence electrons. The molecule has 1 saturated heterocycles. The van der Waals surface area contributed by atoms with Crippen molar-refractivity contribution in [2.45, 2.75) is 25.9 Å². The Morgan fingerprint density at radius 3 is 2.65 bits per heavy atom. The van der Waals surface area contributed by atoms with E-state index in [1.807, 2.05) is 35.0 Å². The van der Waals surface area contributed by atoms with Gasteiger partial charge in [-0.15, -0.1) is 0 Å². The van der Waals surface area contributed by atoms with Gasteiger partial charge in [0.2, 0.25) is 16.0 Å². The number of sulfonamides is 1. The third-order valence-electron chi connectivity index (χ3n) is 6.57. The maximum atomic E-state index is 12.1. The van der Waals surface area contributed by atoms with Gasteiger partial charge in [-0.25, -0.2) is 18.4 Å². The van der Waals surface area contributed by atoms with Crippen molar-refractivity contribution in [3.8, 4) is 0 Å². The van der Waals surface area contributed by atoms with E-state index < -0.39 is 10.0 Å². The average Bonchev–Trinajstić information content (AvgIpc) is 3.25. The lowest BCUT2D eigenvalue weighted by Gasteiger charge is -2.40. The molecule has 1 aromatic carbocycles. The van der Waals surface area contributed by atoms with Gasteiger partial charge in [0, 0.05) is 73.1 Å². The van der Waals surface area contributed by atoms with Crippen LogP contribution in [0.25, 0.3) is 11.0 Å². The molecule has 0 spiro atoms. The molecule has 3 aromatic heterocycles. The minimum absolute atomic E-state index is 0.0874. The number of pyridine rings is 1. The monoisotopic (exact) mass is 520 g/mol. The number of aromatic nitrogens is 4. The fourth-order valence-electron chi connectivity index (χ4n) is 4.58. The van der Waals surface area contributed by atoms with Gasteiger partial charge in [-0.05, 0) is 50.2 Å². The normalized spacial score (nSPS) is 15.6. The highest BCUT2D eigenvalue weighted by Gasteiger charge is 2.25. The standard InChI is InChI=1S/C26H32N8O2S/c1-26(2)18-34(15-13-29-26)22-9-7-21(8-10-22)30-25-28-16-19-11-14-33(24(19)31-25)17-20-6-5-12-27-23(20)32(3)37(4,35)36/h5-12,14,16,29H,13,15,17-18H2,1-4H3,(H,28,30,31). The van der Waals surface area contributed by atoms with E-state index in [9.17, 15) is 8.42 Å². The van der Waals surface area contributed by atoms with Gasteiger partial charge in [0.1, 0.15) is 11.5 Å². The Morgan fingerprint density at radius 2 is 1.92 bits per heavy atom. The summed E-state index contributed by atoms with van der Waals surface area (Å²) < 4.78 is 27.4. The molecule has 0 amide bonds. The lowest BCUT2D eigenvalue weighted by Crippen LogP contribution is -2.57. The maximum Gasteiger partial charge on any atom is 0.233 e. The average molecular weight is 521 g/mol. The number of nitrogens with one attached hydrogen (secondary N) is 2. The van der Waals surface area contributed by atoms with Gasteiger partial charge >= 0.3 is 0 Å². The number of hydrogen-bond acceptors (Lipinski definition) is 8. The summed E-state index contributed by atoms with van der Waals surface area (Å²) >= 11 is 0. The number of hydrogen-bond donors (Lipinski definition) is 2. The van der Waals surface area contributed by atoms with Crippen molar-refractivity contribution < 1.29 is 8.42 Å². The summed E-state index contributed by atoms with van der Waals surface area (Å²) in [6.45, 7) is 7.75. The highest BCUT2D eigenvalue weighted by atomic mass is 32.2. The third-order valence-corrected chi connectivity index (χ3v) is 7.73. The van der Waals surface area contributed by atoms with Crippen LogP contribution in [-0.4, -0.2) is 66.4 Å². The van der Waals surface area contributed by atoms with E-state index in [0.717, 1.165) is 41.9 Å². The van der Waals surface area contributed by atoms with Gasteiger partial charge in [-0.3, -0.25) is 4.31 Å². The van der Waals surface area contributed by atoms with E-state index in [2.05, 4.69) is 51.5 Å². The minimum atomic E-state index is -3.44. The van der Waals surface area contributed by atoms with Crippen LogP contribution in [0.2, 0.25) is 0 Å². The summed E-state index contributed by atoms with van der Waals surface area (Å²) in [5, 5.41) is 7.74. The van der Waals surface area contributed by atoms with Crippen LogP contribution < -0.4 is 19.8 Å². The summed E-state index contributed by atoms with van der Waals surface area (Å²) in [6.07, 6.45) is 6.46. The van der Waals surface area contributed by atoms with Crippen LogP contribution >= 0.6 is 0 Å². The molecule has 0 bridgehead atoms. The molecule has 11 heteroatoms. The van der Waals surface area contributed by atoms with Gasteiger partial charge < -0.3 is 20.1 Å². The number of fused-ring (bicyclic) bond motifs is 1. The SMILES string of the molecule is CN(c1ncccc1Cn1ccc2cnc(Nc3ccc(N4CCNC(C)(C)C4)cc3)nc21)S(C)(=O)=O. The first kappa shape index (κ1) is 25.0. The molecule has 0 radical (unpaired) electrons. The van der Waals surface area contributed by atoms with Gasteiger partial charge in [-0.1, -0.05) is 6.07 Å².